The molecule has 0 heterocycles. The van der Waals surface area contributed by atoms with Gasteiger partial charge in [0.25, 0.3) is 0 Å². The van der Waals surface area contributed by atoms with Gasteiger partial charge in [0.2, 0.25) is 0 Å². The van der Waals surface area contributed by atoms with Gasteiger partial charge in [0.1, 0.15) is 5.75 Å². The molecule has 0 amide bonds. The first-order valence-electron chi connectivity index (χ1n) is 5.50. The Morgan fingerprint density at radius 3 is 2.76 bits per heavy atom. The molecule has 0 radical (unpaired) electrons. The lowest BCUT2D eigenvalue weighted by atomic mass is 10.1. The summed E-state index contributed by atoms with van der Waals surface area (Å²) in [7, 11) is 3.30. The zero-order chi connectivity index (χ0) is 12.7. The molecule has 1 rings (SSSR count). The van der Waals surface area contributed by atoms with E-state index in [1.807, 2.05) is 19.1 Å². The fourth-order valence-electron chi connectivity index (χ4n) is 1.58. The summed E-state index contributed by atoms with van der Waals surface area (Å²) in [5.41, 5.74) is 1.62. The molecule has 0 spiro atoms. The molecule has 1 N–H and O–H groups in total. The lowest BCUT2D eigenvalue weighted by Crippen LogP contribution is -2.29. The molecular formula is C13H18N2O2. The van der Waals surface area contributed by atoms with Gasteiger partial charge in [-0.25, -0.2) is 0 Å². The van der Waals surface area contributed by atoms with Gasteiger partial charge >= 0.3 is 0 Å². The van der Waals surface area contributed by atoms with Crippen LogP contribution in [0.1, 0.15) is 18.1 Å². The average Bonchev–Trinajstić information content (AvgIpc) is 2.36. The van der Waals surface area contributed by atoms with E-state index in [0.29, 0.717) is 18.7 Å². The molecule has 0 aliphatic carbocycles. The van der Waals surface area contributed by atoms with Crippen molar-refractivity contribution in [1.29, 1.82) is 5.26 Å². The number of rotatable bonds is 6. The maximum absolute atomic E-state index is 8.86. The Hall–Kier alpha value is -1.57. The van der Waals surface area contributed by atoms with Crippen molar-refractivity contribution in [2.45, 2.75) is 19.5 Å². The van der Waals surface area contributed by atoms with Crippen LogP contribution < -0.4 is 10.1 Å². The predicted octanol–water partition coefficient (Wildman–Crippen LogP) is 1.69. The van der Waals surface area contributed by atoms with Gasteiger partial charge in [-0.3, -0.25) is 0 Å². The Kier molecular flexibility index (Phi) is 5.47. The van der Waals surface area contributed by atoms with Gasteiger partial charge < -0.3 is 14.8 Å². The molecular weight excluding hydrogens is 216 g/mol. The maximum Gasteiger partial charge on any atom is 0.123 e. The van der Waals surface area contributed by atoms with Crippen LogP contribution >= 0.6 is 0 Å². The van der Waals surface area contributed by atoms with Gasteiger partial charge in [-0.1, -0.05) is 0 Å². The van der Waals surface area contributed by atoms with Gasteiger partial charge in [-0.2, -0.15) is 5.26 Å². The Bertz CT molecular complexity index is 399. The summed E-state index contributed by atoms with van der Waals surface area (Å²) in [6.45, 7) is 3.35. The molecule has 1 unspecified atom stereocenters. The summed E-state index contributed by atoms with van der Waals surface area (Å²) >= 11 is 0. The van der Waals surface area contributed by atoms with E-state index in [1.54, 1.807) is 20.3 Å². The number of hydrogen-bond acceptors (Lipinski definition) is 4. The van der Waals surface area contributed by atoms with Gasteiger partial charge in [0.15, 0.2) is 0 Å². The fourth-order valence-corrected chi connectivity index (χ4v) is 1.58. The number of nitrogens with zero attached hydrogens (tertiary/aromatic N) is 1. The standard InChI is InChI=1S/C13H18N2O2/c1-10(9-16-2)15-8-12-6-11(7-14)4-5-13(12)17-3/h4-6,10,15H,8-9H2,1-3H3. The molecule has 0 aliphatic rings. The Balaban J connectivity index is 2.71. The van der Waals surface area contributed by atoms with Crippen LogP contribution in [0.15, 0.2) is 18.2 Å². The highest BCUT2D eigenvalue weighted by atomic mass is 16.5. The third-order valence-corrected chi connectivity index (χ3v) is 2.47. The van der Waals surface area contributed by atoms with E-state index in [4.69, 9.17) is 14.7 Å². The topological polar surface area (TPSA) is 54.3 Å². The van der Waals surface area contributed by atoms with Crippen LogP contribution in [0.3, 0.4) is 0 Å². The Morgan fingerprint density at radius 2 is 2.18 bits per heavy atom. The first kappa shape index (κ1) is 13.5. The van der Waals surface area contributed by atoms with E-state index in [2.05, 4.69) is 11.4 Å². The fraction of sp³-hybridized carbons (Fsp3) is 0.462. The third-order valence-electron chi connectivity index (χ3n) is 2.47. The molecule has 0 aromatic heterocycles. The highest BCUT2D eigenvalue weighted by Gasteiger charge is 2.06. The zero-order valence-corrected chi connectivity index (χ0v) is 10.5. The lowest BCUT2D eigenvalue weighted by molar-refractivity contribution is 0.171. The Morgan fingerprint density at radius 1 is 1.41 bits per heavy atom. The number of nitriles is 1. The molecule has 1 aromatic rings. The minimum Gasteiger partial charge on any atom is -0.496 e. The molecule has 1 atom stereocenters. The minimum absolute atomic E-state index is 0.260. The average molecular weight is 234 g/mol. The van der Waals surface area contributed by atoms with Crippen LogP contribution in [-0.4, -0.2) is 26.9 Å². The molecule has 0 aliphatic heterocycles. The van der Waals surface area contributed by atoms with Crippen LogP contribution in [0.25, 0.3) is 0 Å². The lowest BCUT2D eigenvalue weighted by Gasteiger charge is -2.14. The molecule has 0 fully saturated rings. The molecule has 0 bridgehead atoms. The number of hydrogen-bond donors (Lipinski definition) is 1. The summed E-state index contributed by atoms with van der Waals surface area (Å²) in [5.74, 6) is 0.793. The second-order valence-electron chi connectivity index (χ2n) is 3.88. The molecule has 17 heavy (non-hydrogen) atoms. The molecule has 0 saturated heterocycles. The van der Waals surface area contributed by atoms with Crippen molar-refractivity contribution in [3.63, 3.8) is 0 Å². The van der Waals surface area contributed by atoms with Crippen LogP contribution in [0.4, 0.5) is 0 Å². The monoisotopic (exact) mass is 234 g/mol. The molecule has 0 saturated carbocycles. The molecule has 92 valence electrons. The van der Waals surface area contributed by atoms with E-state index in [1.165, 1.54) is 0 Å². The van der Waals surface area contributed by atoms with E-state index in [0.717, 1.165) is 11.3 Å². The molecule has 4 heteroatoms. The van der Waals surface area contributed by atoms with Crippen molar-refractivity contribution < 1.29 is 9.47 Å². The predicted molar refractivity (Wildman–Crippen MR) is 65.9 cm³/mol. The van der Waals surface area contributed by atoms with Gasteiger partial charge in [0.05, 0.1) is 25.3 Å². The van der Waals surface area contributed by atoms with Crippen LogP contribution in [0.5, 0.6) is 5.75 Å². The minimum atomic E-state index is 0.260. The zero-order valence-electron chi connectivity index (χ0n) is 10.5. The summed E-state index contributed by atoms with van der Waals surface area (Å²) < 4.78 is 10.3. The van der Waals surface area contributed by atoms with Crippen molar-refractivity contribution in [1.82, 2.24) is 5.32 Å². The number of benzene rings is 1. The Labute approximate surface area is 102 Å². The first-order valence-corrected chi connectivity index (χ1v) is 5.50. The van der Waals surface area contributed by atoms with Crippen LogP contribution in [-0.2, 0) is 11.3 Å². The largest absolute Gasteiger partial charge is 0.496 e. The second kappa shape index (κ2) is 6.89. The number of ether oxygens (including phenoxy) is 2. The molecule has 4 nitrogen and oxygen atoms in total. The quantitative estimate of drug-likeness (QED) is 0.813. The van der Waals surface area contributed by atoms with Crippen LogP contribution in [0.2, 0.25) is 0 Å². The summed E-state index contributed by atoms with van der Waals surface area (Å²) in [6.07, 6.45) is 0. The highest BCUT2D eigenvalue weighted by Crippen LogP contribution is 2.19. The van der Waals surface area contributed by atoms with E-state index >= 15 is 0 Å². The number of nitrogens with one attached hydrogen (secondary N) is 1. The van der Waals surface area contributed by atoms with E-state index in [-0.39, 0.29) is 6.04 Å². The van der Waals surface area contributed by atoms with Crippen molar-refractivity contribution in [2.24, 2.45) is 0 Å². The van der Waals surface area contributed by atoms with E-state index in [9.17, 15) is 0 Å². The smallest absolute Gasteiger partial charge is 0.123 e. The first-order chi connectivity index (χ1) is 8.21. The maximum atomic E-state index is 8.86. The van der Waals surface area contributed by atoms with Crippen molar-refractivity contribution in [3.8, 4) is 11.8 Å². The van der Waals surface area contributed by atoms with Gasteiger partial charge in [-0.15, -0.1) is 0 Å². The van der Waals surface area contributed by atoms with E-state index < -0.39 is 0 Å². The highest BCUT2D eigenvalue weighted by molar-refractivity contribution is 5.41. The van der Waals surface area contributed by atoms with Crippen molar-refractivity contribution in [3.05, 3.63) is 29.3 Å². The normalized spacial score (nSPS) is 11.9. The van der Waals surface area contributed by atoms with Crippen LogP contribution in [0, 0.1) is 11.3 Å². The summed E-state index contributed by atoms with van der Waals surface area (Å²) in [4.78, 5) is 0. The third kappa shape index (κ3) is 4.06. The number of methoxy groups -OCH3 is 2. The second-order valence-corrected chi connectivity index (χ2v) is 3.88. The summed E-state index contributed by atoms with van der Waals surface area (Å²) in [6, 6.07) is 7.79. The van der Waals surface area contributed by atoms with Crippen molar-refractivity contribution in [2.75, 3.05) is 20.8 Å². The van der Waals surface area contributed by atoms with Crippen molar-refractivity contribution >= 4 is 0 Å². The SMILES string of the molecule is COCC(C)NCc1cc(C#N)ccc1OC. The van der Waals surface area contributed by atoms with Gasteiger partial charge in [-0.05, 0) is 25.1 Å². The molecule has 1 aromatic carbocycles. The summed E-state index contributed by atoms with van der Waals surface area (Å²) in [5, 5.41) is 12.2. The van der Waals surface area contributed by atoms with Gasteiger partial charge in [0, 0.05) is 25.3 Å².